The highest BCUT2D eigenvalue weighted by Crippen LogP contribution is 2.18. The third kappa shape index (κ3) is 6.02. The van der Waals surface area contributed by atoms with Gasteiger partial charge in [-0.1, -0.05) is 18.2 Å². The first-order valence-electron chi connectivity index (χ1n) is 9.81. The number of nitrogens with one attached hydrogen (secondary N) is 3. The molecule has 7 nitrogen and oxygen atoms in total. The van der Waals surface area contributed by atoms with E-state index in [9.17, 15) is 4.79 Å². The van der Waals surface area contributed by atoms with Crippen molar-refractivity contribution in [2.75, 3.05) is 26.2 Å². The molecule has 5 N–H and O–H groups in total. The number of piperidine rings is 1. The predicted molar refractivity (Wildman–Crippen MR) is 125 cm³/mol. The molecule has 0 saturated carbocycles. The van der Waals surface area contributed by atoms with E-state index in [4.69, 9.17) is 10.7 Å². The fourth-order valence-corrected chi connectivity index (χ4v) is 3.56. The summed E-state index contributed by atoms with van der Waals surface area (Å²) in [6, 6.07) is 8.39. The number of aromatic amines is 1. The molecule has 2 heterocycles. The zero-order valence-electron chi connectivity index (χ0n) is 16.4. The number of para-hydroxylation sites is 1. The van der Waals surface area contributed by atoms with Crippen molar-refractivity contribution in [3.8, 4) is 0 Å². The summed E-state index contributed by atoms with van der Waals surface area (Å²) in [5, 5.41) is 8.11. The first-order chi connectivity index (χ1) is 13.2. The number of nitrogens with zero attached hydrogens (tertiary/aromatic N) is 2. The minimum absolute atomic E-state index is 0. The van der Waals surface area contributed by atoms with Gasteiger partial charge in [-0.05, 0) is 44.2 Å². The van der Waals surface area contributed by atoms with Crippen molar-refractivity contribution in [2.24, 2.45) is 10.7 Å². The molecule has 1 aromatic heterocycles. The highest BCUT2D eigenvalue weighted by Gasteiger charge is 2.21. The van der Waals surface area contributed by atoms with Crippen molar-refractivity contribution in [1.82, 2.24) is 20.5 Å². The van der Waals surface area contributed by atoms with E-state index >= 15 is 0 Å². The largest absolute Gasteiger partial charge is 0.361 e. The Balaban J connectivity index is 0.00000280. The van der Waals surface area contributed by atoms with Gasteiger partial charge >= 0.3 is 6.03 Å². The summed E-state index contributed by atoms with van der Waals surface area (Å²) < 4.78 is 0. The Morgan fingerprint density at radius 3 is 2.79 bits per heavy atom. The van der Waals surface area contributed by atoms with Gasteiger partial charge in [-0.15, -0.1) is 24.0 Å². The third-order valence-corrected chi connectivity index (χ3v) is 5.04. The fourth-order valence-electron chi connectivity index (χ4n) is 3.56. The maximum Gasteiger partial charge on any atom is 0.314 e. The summed E-state index contributed by atoms with van der Waals surface area (Å²) in [5.41, 5.74) is 7.88. The van der Waals surface area contributed by atoms with Crippen molar-refractivity contribution in [3.05, 3.63) is 36.0 Å². The molecule has 8 heteroatoms. The number of aliphatic imine (C=N–C) groups is 1. The van der Waals surface area contributed by atoms with Crippen LogP contribution in [0, 0.1) is 0 Å². The summed E-state index contributed by atoms with van der Waals surface area (Å²) in [6.45, 7) is 5.07. The number of nitrogens with two attached hydrogens (primary N) is 1. The van der Waals surface area contributed by atoms with Crippen molar-refractivity contribution in [3.63, 3.8) is 0 Å². The van der Waals surface area contributed by atoms with E-state index in [1.54, 1.807) is 4.90 Å². The van der Waals surface area contributed by atoms with Gasteiger partial charge in [0.15, 0.2) is 5.96 Å². The van der Waals surface area contributed by atoms with Crippen LogP contribution in [0.2, 0.25) is 0 Å². The quantitative estimate of drug-likeness (QED) is 0.213. The first-order valence-corrected chi connectivity index (χ1v) is 9.81. The van der Waals surface area contributed by atoms with Crippen molar-refractivity contribution >= 4 is 46.9 Å². The zero-order valence-corrected chi connectivity index (χ0v) is 18.7. The summed E-state index contributed by atoms with van der Waals surface area (Å²) in [6.07, 6.45) is 5.89. The predicted octanol–water partition coefficient (Wildman–Crippen LogP) is 2.82. The van der Waals surface area contributed by atoms with Gasteiger partial charge in [-0.2, -0.15) is 0 Å². The Morgan fingerprint density at radius 2 is 2.07 bits per heavy atom. The highest BCUT2D eigenvalue weighted by molar-refractivity contribution is 14.0. The second-order valence-electron chi connectivity index (χ2n) is 6.97. The van der Waals surface area contributed by atoms with Crippen LogP contribution in [0.3, 0.4) is 0 Å². The van der Waals surface area contributed by atoms with E-state index in [-0.39, 0.29) is 30.0 Å². The van der Waals surface area contributed by atoms with Gasteiger partial charge in [0, 0.05) is 49.3 Å². The molecular formula is C20H31IN6O. The normalized spacial score (nSPS) is 15.3. The number of aryl methyl sites for hydroxylation is 1. The number of primary amides is 1. The molecule has 0 bridgehead atoms. The molecule has 1 fully saturated rings. The second kappa shape index (κ2) is 11.1. The van der Waals surface area contributed by atoms with Crippen LogP contribution in [0.4, 0.5) is 4.79 Å². The molecular weight excluding hydrogens is 467 g/mol. The number of amides is 2. The Labute approximate surface area is 183 Å². The molecule has 0 atom stereocenters. The number of rotatable bonds is 6. The lowest BCUT2D eigenvalue weighted by Gasteiger charge is -2.32. The second-order valence-corrected chi connectivity index (χ2v) is 6.97. The van der Waals surface area contributed by atoms with Crippen LogP contribution in [-0.2, 0) is 6.42 Å². The van der Waals surface area contributed by atoms with E-state index in [1.807, 2.05) is 0 Å². The SMILES string of the molecule is CCNC(=NCCCc1c[nH]c2ccccc12)NC1CCN(C(N)=O)CC1.I. The maximum atomic E-state index is 11.2. The molecule has 1 aliphatic rings. The Bertz CT molecular complexity index is 782. The van der Waals surface area contributed by atoms with Crippen LogP contribution in [0.25, 0.3) is 10.9 Å². The van der Waals surface area contributed by atoms with E-state index < -0.39 is 0 Å². The number of aromatic nitrogens is 1. The van der Waals surface area contributed by atoms with Gasteiger partial charge in [-0.3, -0.25) is 4.99 Å². The summed E-state index contributed by atoms with van der Waals surface area (Å²) in [4.78, 5) is 21.0. The minimum Gasteiger partial charge on any atom is -0.361 e. The molecule has 154 valence electrons. The molecule has 0 unspecified atom stereocenters. The number of benzene rings is 1. The lowest BCUT2D eigenvalue weighted by atomic mass is 10.1. The number of guanidine groups is 1. The van der Waals surface area contributed by atoms with Gasteiger partial charge in [0.2, 0.25) is 0 Å². The van der Waals surface area contributed by atoms with Gasteiger partial charge in [-0.25, -0.2) is 4.79 Å². The number of hydrogen-bond acceptors (Lipinski definition) is 2. The number of halogens is 1. The van der Waals surface area contributed by atoms with Crippen LogP contribution in [0.5, 0.6) is 0 Å². The van der Waals surface area contributed by atoms with Gasteiger partial charge in [0.1, 0.15) is 0 Å². The lowest BCUT2D eigenvalue weighted by Crippen LogP contribution is -2.50. The van der Waals surface area contributed by atoms with Gasteiger partial charge in [0.05, 0.1) is 0 Å². The van der Waals surface area contributed by atoms with Crippen LogP contribution in [0.1, 0.15) is 31.7 Å². The number of fused-ring (bicyclic) bond motifs is 1. The molecule has 1 saturated heterocycles. The first kappa shape index (κ1) is 22.3. The smallest absolute Gasteiger partial charge is 0.314 e. The van der Waals surface area contributed by atoms with Crippen molar-refractivity contribution in [2.45, 2.75) is 38.6 Å². The average Bonchev–Trinajstić information content (AvgIpc) is 3.09. The van der Waals surface area contributed by atoms with Crippen LogP contribution < -0.4 is 16.4 Å². The minimum atomic E-state index is -0.327. The number of hydrogen-bond donors (Lipinski definition) is 4. The summed E-state index contributed by atoms with van der Waals surface area (Å²) in [7, 11) is 0. The standard InChI is InChI=1S/C20H30N6O.HI/c1-2-22-20(25-16-9-12-26(13-10-16)19(21)27)23-11-5-6-15-14-24-18-8-4-3-7-17(15)18;/h3-4,7-8,14,16,24H,2,5-6,9-13H2,1H3,(H2,21,27)(H2,22,23,25);1H. The number of urea groups is 1. The Hall–Kier alpha value is -1.97. The van der Waals surface area contributed by atoms with Crippen molar-refractivity contribution in [1.29, 1.82) is 0 Å². The van der Waals surface area contributed by atoms with Gasteiger partial charge in [0.25, 0.3) is 0 Å². The molecule has 0 radical (unpaired) electrons. The summed E-state index contributed by atoms with van der Waals surface area (Å²) >= 11 is 0. The molecule has 0 aliphatic carbocycles. The fraction of sp³-hybridized carbons (Fsp3) is 0.500. The molecule has 28 heavy (non-hydrogen) atoms. The molecule has 0 spiro atoms. The van der Waals surface area contributed by atoms with E-state index in [0.29, 0.717) is 19.1 Å². The number of carbonyl (C=O) groups excluding carboxylic acids is 1. The lowest BCUT2D eigenvalue weighted by molar-refractivity contribution is 0.188. The molecule has 1 aromatic carbocycles. The Kier molecular flexibility index (Phi) is 8.88. The molecule has 2 aromatic rings. The molecule has 3 rings (SSSR count). The number of likely N-dealkylation sites (tertiary alicyclic amines) is 1. The number of H-pyrrole nitrogens is 1. The number of carbonyl (C=O) groups is 1. The average molecular weight is 498 g/mol. The summed E-state index contributed by atoms with van der Waals surface area (Å²) in [5.74, 6) is 0.856. The van der Waals surface area contributed by atoms with Crippen LogP contribution >= 0.6 is 24.0 Å². The van der Waals surface area contributed by atoms with Crippen LogP contribution in [-0.4, -0.2) is 54.1 Å². The van der Waals surface area contributed by atoms with Crippen molar-refractivity contribution < 1.29 is 4.79 Å². The monoisotopic (exact) mass is 498 g/mol. The highest BCUT2D eigenvalue weighted by atomic mass is 127. The zero-order chi connectivity index (χ0) is 19.1. The van der Waals surface area contributed by atoms with E-state index in [2.05, 4.69) is 53.0 Å². The van der Waals surface area contributed by atoms with Gasteiger partial charge < -0.3 is 26.3 Å². The molecule has 2 amide bonds. The molecule has 1 aliphatic heterocycles. The Morgan fingerprint density at radius 1 is 1.32 bits per heavy atom. The third-order valence-electron chi connectivity index (χ3n) is 5.04. The van der Waals surface area contributed by atoms with Crippen LogP contribution in [0.15, 0.2) is 35.5 Å². The van der Waals surface area contributed by atoms with E-state index in [1.165, 1.54) is 16.5 Å². The van der Waals surface area contributed by atoms with E-state index in [0.717, 1.165) is 44.7 Å². The topological polar surface area (TPSA) is 98.5 Å². The maximum absolute atomic E-state index is 11.2.